The molecule has 42 heavy (non-hydrogen) atoms. The van der Waals surface area contributed by atoms with Crippen molar-refractivity contribution < 1.29 is 22.7 Å². The number of anilines is 2. The number of ether oxygens (including phenoxy) is 2. The molecular weight excluding hydrogens is 554 g/mol. The number of benzene rings is 3. The molecule has 1 amide bonds. The summed E-state index contributed by atoms with van der Waals surface area (Å²) in [6.07, 6.45) is 2.87. The Hall–Kier alpha value is -4.38. The summed E-state index contributed by atoms with van der Waals surface area (Å²) in [5.74, 6) is 1.07. The molecule has 1 fully saturated rings. The molecule has 3 aromatic carbocycles. The molecule has 1 saturated carbocycles. The van der Waals surface area contributed by atoms with Gasteiger partial charge in [-0.05, 0) is 81.1 Å². The Morgan fingerprint density at radius 3 is 2.60 bits per heavy atom. The fraction of sp³-hybridized carbons (Fsp3) is 0.323. The Morgan fingerprint density at radius 2 is 1.86 bits per heavy atom. The zero-order valence-corrected chi connectivity index (χ0v) is 24.6. The molecule has 1 aliphatic rings. The lowest BCUT2D eigenvalue weighted by Crippen LogP contribution is -2.33. The van der Waals surface area contributed by atoms with Gasteiger partial charge >= 0.3 is 0 Å². The summed E-state index contributed by atoms with van der Waals surface area (Å²) in [5, 5.41) is 15.3. The number of nitrogen functional groups attached to an aromatic ring is 1. The highest BCUT2D eigenvalue weighted by Gasteiger charge is 2.38. The van der Waals surface area contributed by atoms with Gasteiger partial charge in [0, 0.05) is 23.0 Å². The number of carbonyl (C=O) groups excluding carboxylic acids is 1. The van der Waals surface area contributed by atoms with Crippen molar-refractivity contribution >= 4 is 38.0 Å². The number of nitrogens with one attached hydrogen (secondary N) is 2. The van der Waals surface area contributed by atoms with Crippen LogP contribution in [0.15, 0.2) is 71.8 Å². The second kappa shape index (κ2) is 12.2. The van der Waals surface area contributed by atoms with Gasteiger partial charge in [-0.3, -0.25) is 4.79 Å². The first-order valence-corrected chi connectivity index (χ1v) is 15.5. The van der Waals surface area contributed by atoms with Crippen molar-refractivity contribution in [2.45, 2.75) is 62.4 Å². The number of carbonyl (C=O) groups is 1. The molecule has 0 bridgehead atoms. The summed E-state index contributed by atoms with van der Waals surface area (Å²) in [7, 11) is -3.43. The van der Waals surface area contributed by atoms with Crippen LogP contribution in [0.1, 0.15) is 50.8 Å². The van der Waals surface area contributed by atoms with Crippen LogP contribution in [-0.4, -0.2) is 42.5 Å². The Kier molecular flexibility index (Phi) is 8.49. The predicted molar refractivity (Wildman–Crippen MR) is 162 cm³/mol. The smallest absolute Gasteiger partial charge is 0.247 e. The second-order valence-corrected chi connectivity index (χ2v) is 12.7. The predicted octanol–water partition coefficient (Wildman–Crippen LogP) is 4.80. The zero-order chi connectivity index (χ0) is 29.9. The lowest BCUT2D eigenvalue weighted by Gasteiger charge is -2.23. The highest BCUT2D eigenvalue weighted by atomic mass is 32.2. The quantitative estimate of drug-likeness (QED) is 0.212. The largest absolute Gasteiger partial charge is 0.490 e. The Balaban J connectivity index is 1.47. The van der Waals surface area contributed by atoms with Crippen molar-refractivity contribution in [3.63, 3.8) is 0 Å². The molecule has 1 aromatic heterocycles. The van der Waals surface area contributed by atoms with Gasteiger partial charge in [0.25, 0.3) is 0 Å². The fourth-order valence-corrected chi connectivity index (χ4v) is 6.65. The monoisotopic (exact) mass is 589 g/mol. The van der Waals surface area contributed by atoms with Gasteiger partial charge in [-0.1, -0.05) is 24.3 Å². The Bertz CT molecular complexity index is 1710. The maximum Gasteiger partial charge on any atom is 0.247 e. The van der Waals surface area contributed by atoms with Crippen LogP contribution in [0.2, 0.25) is 0 Å². The summed E-state index contributed by atoms with van der Waals surface area (Å²) >= 11 is 0. The molecule has 4 N–H and O–H groups in total. The lowest BCUT2D eigenvalue weighted by atomic mass is 10.0. The van der Waals surface area contributed by atoms with Gasteiger partial charge < -0.3 is 25.8 Å². The van der Waals surface area contributed by atoms with Crippen LogP contribution in [0.25, 0.3) is 10.8 Å². The van der Waals surface area contributed by atoms with Crippen LogP contribution in [0.4, 0.5) is 11.5 Å². The number of rotatable bonds is 12. The minimum Gasteiger partial charge on any atom is -0.490 e. The summed E-state index contributed by atoms with van der Waals surface area (Å²) in [6, 6.07) is 16.8. The molecule has 1 atom stereocenters. The van der Waals surface area contributed by atoms with E-state index in [0.717, 1.165) is 10.8 Å². The van der Waals surface area contributed by atoms with Crippen molar-refractivity contribution in [1.82, 2.24) is 15.5 Å². The van der Waals surface area contributed by atoms with Gasteiger partial charge in [-0.2, -0.15) is 5.10 Å². The number of nitrogens with zero attached hydrogens (tertiary/aromatic N) is 2. The number of amides is 1. The highest BCUT2D eigenvalue weighted by molar-refractivity contribution is 7.92. The van der Waals surface area contributed by atoms with Crippen LogP contribution in [0.5, 0.6) is 11.5 Å². The maximum absolute atomic E-state index is 13.8. The third-order valence-corrected chi connectivity index (χ3v) is 9.28. The number of hydrogen-bond donors (Lipinski definition) is 3. The molecular formula is C31H35N5O5S. The first-order chi connectivity index (χ1) is 20.2. The van der Waals surface area contributed by atoms with E-state index in [4.69, 9.17) is 15.2 Å². The van der Waals surface area contributed by atoms with Crippen LogP contribution >= 0.6 is 0 Å². The van der Waals surface area contributed by atoms with Gasteiger partial charge in [-0.25, -0.2) is 8.42 Å². The first kappa shape index (κ1) is 29.1. The molecule has 5 rings (SSSR count). The highest BCUT2D eigenvalue weighted by Crippen LogP contribution is 2.36. The summed E-state index contributed by atoms with van der Waals surface area (Å²) in [5.41, 5.74) is 7.82. The van der Waals surface area contributed by atoms with Crippen LogP contribution in [-0.2, 0) is 21.2 Å². The van der Waals surface area contributed by atoms with E-state index in [1.165, 1.54) is 0 Å². The molecule has 0 saturated heterocycles. The molecule has 1 aliphatic carbocycles. The maximum atomic E-state index is 13.8. The van der Waals surface area contributed by atoms with E-state index < -0.39 is 15.9 Å². The van der Waals surface area contributed by atoms with Crippen molar-refractivity contribution in [3.05, 3.63) is 78.0 Å². The molecule has 0 radical (unpaired) electrons. The molecule has 0 aliphatic heterocycles. The molecule has 0 spiro atoms. The van der Waals surface area contributed by atoms with Gasteiger partial charge in [0.05, 0.1) is 29.1 Å². The standard InChI is InChI=1S/C31H35N5O5S/c1-4-40-27-16-20(9-14-26(27)41-19(2)3)29(35-23-10-13-25-22(15-23)18-34-36-30(25)32)31(37)33-17-21-7-5-6-8-28(21)42(38,39)24-11-12-24/h5-10,13-16,18-19,24,29,35H,4,11-12,17H2,1-3H3,(H2,32,36)(H,33,37). The Morgan fingerprint density at radius 1 is 1.07 bits per heavy atom. The molecule has 1 heterocycles. The van der Waals surface area contributed by atoms with Crippen LogP contribution in [0.3, 0.4) is 0 Å². The molecule has 10 nitrogen and oxygen atoms in total. The summed E-state index contributed by atoms with van der Waals surface area (Å²) in [4.78, 5) is 14.1. The van der Waals surface area contributed by atoms with E-state index in [1.807, 2.05) is 45.0 Å². The van der Waals surface area contributed by atoms with Gasteiger partial charge in [0.15, 0.2) is 27.2 Å². The number of hydrogen-bond acceptors (Lipinski definition) is 9. The fourth-order valence-electron chi connectivity index (χ4n) is 4.76. The van der Waals surface area contributed by atoms with E-state index in [2.05, 4.69) is 20.8 Å². The number of aromatic nitrogens is 2. The van der Waals surface area contributed by atoms with E-state index >= 15 is 0 Å². The molecule has 11 heteroatoms. The van der Waals surface area contributed by atoms with Crippen LogP contribution in [0, 0.1) is 0 Å². The van der Waals surface area contributed by atoms with Crippen molar-refractivity contribution in [1.29, 1.82) is 0 Å². The van der Waals surface area contributed by atoms with Gasteiger partial charge in [0.2, 0.25) is 5.91 Å². The van der Waals surface area contributed by atoms with Crippen molar-refractivity contribution in [2.24, 2.45) is 0 Å². The minimum atomic E-state index is -3.43. The second-order valence-electron chi connectivity index (χ2n) is 10.5. The Labute approximate surface area is 245 Å². The number of fused-ring (bicyclic) bond motifs is 1. The third kappa shape index (κ3) is 6.41. The molecule has 4 aromatic rings. The number of nitrogens with two attached hydrogens (primary N) is 1. The van der Waals surface area contributed by atoms with E-state index in [1.54, 1.807) is 42.6 Å². The first-order valence-electron chi connectivity index (χ1n) is 14.0. The molecule has 1 unspecified atom stereocenters. The SMILES string of the molecule is CCOc1cc(C(Nc2ccc3c(N)nncc3c2)C(=O)NCc2ccccc2S(=O)(=O)C2CC2)ccc1OC(C)C. The average Bonchev–Trinajstić information content (AvgIpc) is 3.82. The van der Waals surface area contributed by atoms with E-state index in [0.29, 0.717) is 53.6 Å². The summed E-state index contributed by atoms with van der Waals surface area (Å²) < 4.78 is 37.8. The minimum absolute atomic E-state index is 0.0514. The zero-order valence-electron chi connectivity index (χ0n) is 23.8. The topological polar surface area (TPSA) is 146 Å². The van der Waals surface area contributed by atoms with E-state index in [9.17, 15) is 13.2 Å². The lowest BCUT2D eigenvalue weighted by molar-refractivity contribution is -0.122. The van der Waals surface area contributed by atoms with Gasteiger partial charge in [-0.15, -0.1) is 5.10 Å². The summed E-state index contributed by atoms with van der Waals surface area (Å²) in [6.45, 7) is 6.21. The normalized spacial score (nSPS) is 14.0. The third-order valence-electron chi connectivity index (χ3n) is 6.92. The molecule has 220 valence electrons. The van der Waals surface area contributed by atoms with E-state index in [-0.39, 0.29) is 28.7 Å². The van der Waals surface area contributed by atoms with Crippen LogP contribution < -0.4 is 25.8 Å². The van der Waals surface area contributed by atoms with Crippen molar-refractivity contribution in [3.8, 4) is 11.5 Å². The van der Waals surface area contributed by atoms with Crippen molar-refractivity contribution in [2.75, 3.05) is 17.7 Å². The van der Waals surface area contributed by atoms with Gasteiger partial charge in [0.1, 0.15) is 6.04 Å². The number of sulfone groups is 1. The average molecular weight is 590 g/mol.